The fourth-order valence-corrected chi connectivity index (χ4v) is 2.60. The summed E-state index contributed by atoms with van der Waals surface area (Å²) in [5.41, 5.74) is 0.998. The van der Waals surface area contributed by atoms with Gasteiger partial charge >= 0.3 is 0 Å². The molecular formula is C14H16FNOS. The van der Waals surface area contributed by atoms with Crippen LogP contribution in [0, 0.1) is 18.2 Å². The van der Waals surface area contributed by atoms with Crippen molar-refractivity contribution in [1.29, 1.82) is 0 Å². The summed E-state index contributed by atoms with van der Waals surface area (Å²) in [6.45, 7) is 4.06. The standard InChI is InChI=1S/C14H16FNOS/c1-4-9-16-14(17)11(3)18-10(2)12-5-7-13(15)8-6-12/h1,5-8,10-11H,9H2,2-3H3,(H,16,17)/t10-,11-/m1/s1. The van der Waals surface area contributed by atoms with Gasteiger partial charge in [-0.15, -0.1) is 18.2 Å². The molecule has 96 valence electrons. The van der Waals surface area contributed by atoms with E-state index in [0.29, 0.717) is 0 Å². The highest BCUT2D eigenvalue weighted by molar-refractivity contribution is 8.00. The Morgan fingerprint density at radius 2 is 2.06 bits per heavy atom. The summed E-state index contributed by atoms with van der Waals surface area (Å²) < 4.78 is 12.8. The van der Waals surface area contributed by atoms with Crippen LogP contribution in [0.1, 0.15) is 24.7 Å². The molecule has 0 aromatic heterocycles. The molecule has 0 bridgehead atoms. The predicted molar refractivity (Wildman–Crippen MR) is 73.7 cm³/mol. The normalized spacial score (nSPS) is 13.4. The van der Waals surface area contributed by atoms with E-state index in [2.05, 4.69) is 11.2 Å². The third kappa shape index (κ3) is 4.42. The molecular weight excluding hydrogens is 249 g/mol. The highest BCUT2D eigenvalue weighted by Gasteiger charge is 2.17. The molecule has 0 radical (unpaired) electrons. The lowest BCUT2D eigenvalue weighted by molar-refractivity contribution is -0.120. The minimum Gasteiger partial charge on any atom is -0.344 e. The molecule has 2 nitrogen and oxygen atoms in total. The zero-order chi connectivity index (χ0) is 13.5. The Kier molecular flexibility index (Phi) is 5.73. The lowest BCUT2D eigenvalue weighted by atomic mass is 10.2. The largest absolute Gasteiger partial charge is 0.344 e. The molecule has 0 heterocycles. The number of carbonyl (C=O) groups excluding carboxylic acids is 1. The van der Waals surface area contributed by atoms with E-state index in [1.807, 2.05) is 13.8 Å². The molecule has 1 aromatic carbocycles. The van der Waals surface area contributed by atoms with E-state index in [0.717, 1.165) is 5.56 Å². The number of thioether (sulfide) groups is 1. The molecule has 0 fully saturated rings. The molecule has 0 unspecified atom stereocenters. The first-order chi connectivity index (χ1) is 8.54. The highest BCUT2D eigenvalue weighted by atomic mass is 32.2. The topological polar surface area (TPSA) is 29.1 Å². The van der Waals surface area contributed by atoms with Crippen molar-refractivity contribution in [2.24, 2.45) is 0 Å². The molecule has 18 heavy (non-hydrogen) atoms. The molecule has 0 aliphatic heterocycles. The molecule has 2 atom stereocenters. The van der Waals surface area contributed by atoms with E-state index < -0.39 is 0 Å². The molecule has 0 saturated heterocycles. The van der Waals surface area contributed by atoms with Gasteiger partial charge in [-0.25, -0.2) is 4.39 Å². The summed E-state index contributed by atoms with van der Waals surface area (Å²) in [4.78, 5) is 11.6. The molecule has 4 heteroatoms. The van der Waals surface area contributed by atoms with Crippen LogP contribution in [0.3, 0.4) is 0 Å². The van der Waals surface area contributed by atoms with Gasteiger partial charge < -0.3 is 5.32 Å². The number of halogens is 1. The number of nitrogens with one attached hydrogen (secondary N) is 1. The summed E-state index contributed by atoms with van der Waals surface area (Å²) in [7, 11) is 0. The Morgan fingerprint density at radius 1 is 1.44 bits per heavy atom. The Bertz CT molecular complexity index is 438. The van der Waals surface area contributed by atoms with Gasteiger partial charge in [0, 0.05) is 5.25 Å². The monoisotopic (exact) mass is 265 g/mol. The van der Waals surface area contributed by atoms with Gasteiger partial charge in [0.1, 0.15) is 5.82 Å². The lowest BCUT2D eigenvalue weighted by Gasteiger charge is -2.16. The highest BCUT2D eigenvalue weighted by Crippen LogP contribution is 2.31. The maximum Gasteiger partial charge on any atom is 0.233 e. The van der Waals surface area contributed by atoms with Gasteiger partial charge in [-0.3, -0.25) is 4.79 Å². The number of hydrogen-bond acceptors (Lipinski definition) is 2. The zero-order valence-electron chi connectivity index (χ0n) is 10.4. The Labute approximate surface area is 111 Å². The molecule has 1 N–H and O–H groups in total. The van der Waals surface area contributed by atoms with Crippen LogP contribution in [0.2, 0.25) is 0 Å². The molecule has 0 saturated carbocycles. The number of terminal acetylenes is 1. The van der Waals surface area contributed by atoms with Crippen LogP contribution in [-0.4, -0.2) is 17.7 Å². The maximum absolute atomic E-state index is 12.8. The van der Waals surface area contributed by atoms with E-state index in [1.165, 1.54) is 23.9 Å². The van der Waals surface area contributed by atoms with Crippen LogP contribution >= 0.6 is 11.8 Å². The van der Waals surface area contributed by atoms with E-state index in [4.69, 9.17) is 6.42 Å². The van der Waals surface area contributed by atoms with Crippen molar-refractivity contribution in [3.63, 3.8) is 0 Å². The summed E-state index contributed by atoms with van der Waals surface area (Å²) in [5, 5.41) is 2.57. The quantitative estimate of drug-likeness (QED) is 0.829. The van der Waals surface area contributed by atoms with Gasteiger partial charge in [0.25, 0.3) is 0 Å². The maximum atomic E-state index is 12.8. The van der Waals surface area contributed by atoms with Crippen molar-refractivity contribution in [3.8, 4) is 12.3 Å². The number of hydrogen-bond donors (Lipinski definition) is 1. The van der Waals surface area contributed by atoms with Crippen molar-refractivity contribution < 1.29 is 9.18 Å². The van der Waals surface area contributed by atoms with Crippen molar-refractivity contribution >= 4 is 17.7 Å². The number of benzene rings is 1. The van der Waals surface area contributed by atoms with E-state index in [1.54, 1.807) is 12.1 Å². The first-order valence-corrected chi connectivity index (χ1v) is 6.61. The fraction of sp³-hybridized carbons (Fsp3) is 0.357. The smallest absolute Gasteiger partial charge is 0.233 e. The third-order valence-electron chi connectivity index (χ3n) is 2.48. The first-order valence-electron chi connectivity index (χ1n) is 5.66. The SMILES string of the molecule is C#CCNC(=O)[C@@H](C)S[C@H](C)c1ccc(F)cc1. The van der Waals surface area contributed by atoms with Crippen LogP contribution in [0.5, 0.6) is 0 Å². The lowest BCUT2D eigenvalue weighted by Crippen LogP contribution is -2.31. The summed E-state index contributed by atoms with van der Waals surface area (Å²) in [6, 6.07) is 6.32. The van der Waals surface area contributed by atoms with Gasteiger partial charge in [0.2, 0.25) is 5.91 Å². The summed E-state index contributed by atoms with van der Waals surface area (Å²) in [5.74, 6) is 2.03. The van der Waals surface area contributed by atoms with Crippen LogP contribution in [-0.2, 0) is 4.79 Å². The molecule has 1 rings (SSSR count). The molecule has 0 aliphatic carbocycles. The Morgan fingerprint density at radius 3 is 2.61 bits per heavy atom. The average molecular weight is 265 g/mol. The third-order valence-corrected chi connectivity index (χ3v) is 3.78. The van der Waals surface area contributed by atoms with Crippen LogP contribution < -0.4 is 5.32 Å². The fourth-order valence-electron chi connectivity index (χ4n) is 1.46. The minimum atomic E-state index is -0.254. The van der Waals surface area contributed by atoms with Crippen LogP contribution in [0.4, 0.5) is 4.39 Å². The molecule has 0 spiro atoms. The van der Waals surface area contributed by atoms with Gasteiger partial charge in [0.15, 0.2) is 0 Å². The van der Waals surface area contributed by atoms with Gasteiger partial charge in [-0.05, 0) is 31.5 Å². The second kappa shape index (κ2) is 7.07. The van der Waals surface area contributed by atoms with E-state index >= 15 is 0 Å². The first kappa shape index (κ1) is 14.6. The average Bonchev–Trinajstić information content (AvgIpc) is 2.36. The Balaban J connectivity index is 2.54. The number of amides is 1. The number of rotatable bonds is 5. The molecule has 1 amide bonds. The van der Waals surface area contributed by atoms with E-state index in [-0.39, 0.29) is 28.8 Å². The second-order valence-electron chi connectivity index (χ2n) is 3.89. The predicted octanol–water partition coefficient (Wildman–Crippen LogP) is 2.76. The summed E-state index contributed by atoms with van der Waals surface area (Å²) in [6.07, 6.45) is 5.08. The second-order valence-corrected chi connectivity index (χ2v) is 5.58. The van der Waals surface area contributed by atoms with Gasteiger partial charge in [0.05, 0.1) is 11.8 Å². The molecule has 0 aliphatic rings. The van der Waals surface area contributed by atoms with Crippen molar-refractivity contribution in [1.82, 2.24) is 5.32 Å². The minimum absolute atomic E-state index is 0.0769. The van der Waals surface area contributed by atoms with Gasteiger partial charge in [-0.1, -0.05) is 18.1 Å². The van der Waals surface area contributed by atoms with E-state index in [9.17, 15) is 9.18 Å². The van der Waals surface area contributed by atoms with Crippen molar-refractivity contribution in [3.05, 3.63) is 35.6 Å². The van der Waals surface area contributed by atoms with Crippen LogP contribution in [0.15, 0.2) is 24.3 Å². The molecule has 1 aromatic rings. The number of carbonyl (C=O) groups is 1. The van der Waals surface area contributed by atoms with Crippen LogP contribution in [0.25, 0.3) is 0 Å². The zero-order valence-corrected chi connectivity index (χ0v) is 11.3. The summed E-state index contributed by atoms with van der Waals surface area (Å²) >= 11 is 1.51. The van der Waals surface area contributed by atoms with Crippen molar-refractivity contribution in [2.75, 3.05) is 6.54 Å². The van der Waals surface area contributed by atoms with Gasteiger partial charge in [-0.2, -0.15) is 0 Å². The van der Waals surface area contributed by atoms with Crippen molar-refractivity contribution in [2.45, 2.75) is 24.3 Å². The Hall–Kier alpha value is -1.47.